The van der Waals surface area contributed by atoms with Crippen LogP contribution in [0.4, 0.5) is 5.69 Å². The molecule has 0 aliphatic rings. The number of aromatic nitrogens is 1. The molecule has 24 heavy (non-hydrogen) atoms. The molecule has 1 heterocycles. The number of hydrogen-bond acceptors (Lipinski definition) is 4. The molecule has 1 aromatic heterocycles. The molecule has 0 saturated heterocycles. The van der Waals surface area contributed by atoms with Crippen LogP contribution in [0.25, 0.3) is 11.3 Å². The van der Waals surface area contributed by atoms with Crippen LogP contribution in [0.3, 0.4) is 0 Å². The highest BCUT2D eigenvalue weighted by Crippen LogP contribution is 2.23. The van der Waals surface area contributed by atoms with Crippen molar-refractivity contribution >= 4 is 17.6 Å². The fourth-order valence-corrected chi connectivity index (χ4v) is 2.40. The molecule has 1 aromatic carbocycles. The third kappa shape index (κ3) is 4.19. The van der Waals surface area contributed by atoms with Gasteiger partial charge in [0, 0.05) is 30.9 Å². The van der Waals surface area contributed by atoms with E-state index in [4.69, 9.17) is 0 Å². The van der Waals surface area contributed by atoms with E-state index < -0.39 is 5.97 Å². The van der Waals surface area contributed by atoms with Gasteiger partial charge in [0.25, 0.3) is 0 Å². The first-order valence-electron chi connectivity index (χ1n) is 7.85. The van der Waals surface area contributed by atoms with Crippen LogP contribution in [-0.4, -0.2) is 30.5 Å². The Kier molecular flexibility index (Phi) is 5.68. The van der Waals surface area contributed by atoms with Gasteiger partial charge in [0.2, 0.25) is 5.91 Å². The molecule has 0 radical (unpaired) electrons. The smallest absolute Gasteiger partial charge is 0.339 e. The third-order valence-electron chi connectivity index (χ3n) is 3.59. The molecule has 5 nitrogen and oxygen atoms in total. The maximum absolute atomic E-state index is 11.8. The van der Waals surface area contributed by atoms with Crippen molar-refractivity contribution in [3.63, 3.8) is 0 Å². The molecule has 0 atom stereocenters. The number of amides is 1. The fraction of sp³-hybridized carbons (Fsp3) is 0.316. The second-order valence-electron chi connectivity index (χ2n) is 5.99. The van der Waals surface area contributed by atoms with Gasteiger partial charge in [0.15, 0.2) is 0 Å². The SMILES string of the molecule is COC(=O)c1ccc(-c2ccc(N(CC(C)C)C(C)=O)cc2)nc1. The van der Waals surface area contributed by atoms with Crippen molar-refractivity contribution < 1.29 is 14.3 Å². The van der Waals surface area contributed by atoms with Crippen LogP contribution in [0, 0.1) is 5.92 Å². The van der Waals surface area contributed by atoms with Crippen molar-refractivity contribution in [3.8, 4) is 11.3 Å². The highest BCUT2D eigenvalue weighted by atomic mass is 16.5. The summed E-state index contributed by atoms with van der Waals surface area (Å²) in [6.45, 7) is 6.42. The highest BCUT2D eigenvalue weighted by Gasteiger charge is 2.13. The lowest BCUT2D eigenvalue weighted by atomic mass is 10.1. The van der Waals surface area contributed by atoms with Crippen molar-refractivity contribution in [2.45, 2.75) is 20.8 Å². The van der Waals surface area contributed by atoms with Crippen LogP contribution >= 0.6 is 0 Å². The molecular formula is C19H22N2O3. The van der Waals surface area contributed by atoms with Crippen LogP contribution in [0.5, 0.6) is 0 Å². The molecular weight excluding hydrogens is 304 g/mol. The summed E-state index contributed by atoms with van der Waals surface area (Å²) in [5.74, 6) is 0.00768. The van der Waals surface area contributed by atoms with Crippen LogP contribution in [0.15, 0.2) is 42.6 Å². The van der Waals surface area contributed by atoms with E-state index in [0.29, 0.717) is 18.0 Å². The summed E-state index contributed by atoms with van der Waals surface area (Å²) in [4.78, 5) is 29.3. The number of esters is 1. The van der Waals surface area contributed by atoms with Crippen molar-refractivity contribution in [2.24, 2.45) is 5.92 Å². The van der Waals surface area contributed by atoms with E-state index in [2.05, 4.69) is 23.6 Å². The van der Waals surface area contributed by atoms with E-state index in [0.717, 1.165) is 16.9 Å². The summed E-state index contributed by atoms with van der Waals surface area (Å²) in [6.07, 6.45) is 1.50. The predicted molar refractivity (Wildman–Crippen MR) is 93.9 cm³/mol. The topological polar surface area (TPSA) is 59.5 Å². The lowest BCUT2D eigenvalue weighted by Gasteiger charge is -2.23. The lowest BCUT2D eigenvalue weighted by Crippen LogP contribution is -2.32. The molecule has 126 valence electrons. The third-order valence-corrected chi connectivity index (χ3v) is 3.59. The van der Waals surface area contributed by atoms with Gasteiger partial charge in [-0.15, -0.1) is 0 Å². The number of carbonyl (C=O) groups excluding carboxylic acids is 2. The van der Waals surface area contributed by atoms with E-state index in [-0.39, 0.29) is 5.91 Å². The first-order valence-corrected chi connectivity index (χ1v) is 7.85. The standard InChI is InChI=1S/C19H22N2O3/c1-13(2)12-21(14(3)22)17-8-5-15(6-9-17)18-10-7-16(11-20-18)19(23)24-4/h5-11,13H,12H2,1-4H3. The molecule has 0 bridgehead atoms. The van der Waals surface area contributed by atoms with Crippen molar-refractivity contribution in [1.29, 1.82) is 0 Å². The Balaban J connectivity index is 2.22. The second kappa shape index (κ2) is 7.73. The summed E-state index contributed by atoms with van der Waals surface area (Å²) in [5.41, 5.74) is 2.96. The minimum absolute atomic E-state index is 0.0250. The molecule has 0 N–H and O–H groups in total. The zero-order valence-corrected chi connectivity index (χ0v) is 14.4. The predicted octanol–water partition coefficient (Wildman–Crippen LogP) is 3.54. The number of pyridine rings is 1. The zero-order valence-electron chi connectivity index (χ0n) is 14.4. The Morgan fingerprint density at radius 1 is 1.12 bits per heavy atom. The Labute approximate surface area is 142 Å². The van der Waals surface area contributed by atoms with E-state index >= 15 is 0 Å². The zero-order chi connectivity index (χ0) is 17.7. The maximum Gasteiger partial charge on any atom is 0.339 e. The van der Waals surface area contributed by atoms with Crippen LogP contribution in [-0.2, 0) is 9.53 Å². The van der Waals surface area contributed by atoms with Crippen molar-refractivity contribution in [1.82, 2.24) is 4.98 Å². The highest BCUT2D eigenvalue weighted by molar-refractivity contribution is 5.92. The Hall–Kier alpha value is -2.69. The van der Waals surface area contributed by atoms with E-state index in [9.17, 15) is 9.59 Å². The van der Waals surface area contributed by atoms with Gasteiger partial charge in [-0.1, -0.05) is 26.0 Å². The number of anilines is 1. The number of methoxy groups -OCH3 is 1. The van der Waals surface area contributed by atoms with Gasteiger partial charge in [0.05, 0.1) is 18.4 Å². The maximum atomic E-state index is 11.8. The van der Waals surface area contributed by atoms with Crippen LogP contribution in [0.1, 0.15) is 31.1 Å². The molecule has 1 amide bonds. The van der Waals surface area contributed by atoms with Crippen molar-refractivity contribution in [2.75, 3.05) is 18.6 Å². The molecule has 0 spiro atoms. The first-order chi connectivity index (χ1) is 11.4. The summed E-state index contributed by atoms with van der Waals surface area (Å²) in [7, 11) is 1.34. The second-order valence-corrected chi connectivity index (χ2v) is 5.99. The number of benzene rings is 1. The summed E-state index contributed by atoms with van der Waals surface area (Å²) < 4.78 is 4.66. The molecule has 0 saturated carbocycles. The van der Waals surface area contributed by atoms with Crippen LogP contribution < -0.4 is 4.90 Å². The minimum atomic E-state index is -0.407. The number of rotatable bonds is 5. The van der Waals surface area contributed by atoms with Gasteiger partial charge in [-0.05, 0) is 30.2 Å². The number of carbonyl (C=O) groups is 2. The van der Waals surface area contributed by atoms with E-state index in [1.54, 1.807) is 24.0 Å². The first kappa shape index (κ1) is 17.7. The van der Waals surface area contributed by atoms with Gasteiger partial charge in [0.1, 0.15) is 0 Å². The molecule has 0 unspecified atom stereocenters. The normalized spacial score (nSPS) is 10.5. The molecule has 0 aliphatic carbocycles. The molecule has 2 rings (SSSR count). The number of hydrogen-bond donors (Lipinski definition) is 0. The summed E-state index contributed by atoms with van der Waals surface area (Å²) in [5, 5.41) is 0. The summed E-state index contributed by atoms with van der Waals surface area (Å²) in [6, 6.07) is 11.1. The van der Waals surface area contributed by atoms with Gasteiger partial charge in [-0.3, -0.25) is 9.78 Å². The van der Waals surface area contributed by atoms with Gasteiger partial charge in [-0.2, -0.15) is 0 Å². The van der Waals surface area contributed by atoms with E-state index in [1.165, 1.54) is 13.3 Å². The van der Waals surface area contributed by atoms with Crippen molar-refractivity contribution in [3.05, 3.63) is 48.2 Å². The van der Waals surface area contributed by atoms with Gasteiger partial charge >= 0.3 is 5.97 Å². The lowest BCUT2D eigenvalue weighted by molar-refractivity contribution is -0.116. The van der Waals surface area contributed by atoms with Gasteiger partial charge in [-0.25, -0.2) is 4.79 Å². The number of nitrogens with zero attached hydrogens (tertiary/aromatic N) is 2. The molecule has 0 fully saturated rings. The molecule has 2 aromatic rings. The Bertz CT molecular complexity index is 706. The Morgan fingerprint density at radius 3 is 2.25 bits per heavy atom. The number of ether oxygens (including phenoxy) is 1. The fourth-order valence-electron chi connectivity index (χ4n) is 2.40. The average Bonchev–Trinajstić information content (AvgIpc) is 2.59. The minimum Gasteiger partial charge on any atom is -0.465 e. The largest absolute Gasteiger partial charge is 0.465 e. The molecule has 5 heteroatoms. The Morgan fingerprint density at radius 2 is 1.79 bits per heavy atom. The average molecular weight is 326 g/mol. The molecule has 0 aliphatic heterocycles. The van der Waals surface area contributed by atoms with Crippen LogP contribution in [0.2, 0.25) is 0 Å². The summed E-state index contributed by atoms with van der Waals surface area (Å²) >= 11 is 0. The quantitative estimate of drug-likeness (QED) is 0.789. The monoisotopic (exact) mass is 326 g/mol. The van der Waals surface area contributed by atoms with E-state index in [1.807, 2.05) is 24.3 Å². The van der Waals surface area contributed by atoms with Gasteiger partial charge < -0.3 is 9.64 Å².